The predicted octanol–water partition coefficient (Wildman–Crippen LogP) is 5.11. The second kappa shape index (κ2) is 7.55. The number of hydrogen-bond acceptors (Lipinski definition) is 4. The standard InChI is InChI=1S/C25H32O4/c1-6-15-7-9-16(10-8-15)21(22-17(26)11-24(2,3)12-18(22)27)23-19(28)13-25(4,5)14-20(23)29/h7-10,21-22,28H,6,11-14H2,1-5H3/t21-/m1/s1. The third kappa shape index (κ3) is 4.36. The summed E-state index contributed by atoms with van der Waals surface area (Å²) in [5.74, 6) is -2.00. The highest BCUT2D eigenvalue weighted by molar-refractivity contribution is 6.09. The number of aryl methyl sites for hydroxylation is 1. The molecule has 1 saturated carbocycles. The molecular formula is C25H32O4. The largest absolute Gasteiger partial charge is 0.512 e. The quantitative estimate of drug-likeness (QED) is 0.718. The van der Waals surface area contributed by atoms with Gasteiger partial charge in [-0.15, -0.1) is 0 Å². The molecule has 0 radical (unpaired) electrons. The van der Waals surface area contributed by atoms with Crippen molar-refractivity contribution in [2.24, 2.45) is 16.7 Å². The third-order valence-corrected chi connectivity index (χ3v) is 6.29. The van der Waals surface area contributed by atoms with Crippen LogP contribution in [0.1, 0.15) is 77.3 Å². The maximum absolute atomic E-state index is 13.1. The van der Waals surface area contributed by atoms with Crippen LogP contribution in [-0.4, -0.2) is 22.5 Å². The van der Waals surface area contributed by atoms with Gasteiger partial charge < -0.3 is 5.11 Å². The second-order valence-corrected chi connectivity index (χ2v) is 10.3. The molecule has 0 aromatic heterocycles. The Morgan fingerprint density at radius 2 is 1.41 bits per heavy atom. The molecule has 0 spiro atoms. The van der Waals surface area contributed by atoms with Crippen LogP contribution in [0.5, 0.6) is 0 Å². The number of benzene rings is 1. The van der Waals surface area contributed by atoms with Crippen LogP contribution >= 0.6 is 0 Å². The van der Waals surface area contributed by atoms with Crippen molar-refractivity contribution < 1.29 is 19.5 Å². The van der Waals surface area contributed by atoms with Crippen molar-refractivity contribution in [3.8, 4) is 0 Å². The minimum absolute atomic E-state index is 0.0289. The molecule has 1 aromatic rings. The molecule has 1 fully saturated rings. The van der Waals surface area contributed by atoms with Crippen LogP contribution in [-0.2, 0) is 20.8 Å². The number of carbonyl (C=O) groups excluding carboxylic acids is 3. The molecule has 29 heavy (non-hydrogen) atoms. The first-order valence-corrected chi connectivity index (χ1v) is 10.5. The summed E-state index contributed by atoms with van der Waals surface area (Å²) in [5, 5.41) is 10.8. The van der Waals surface area contributed by atoms with Gasteiger partial charge in [0.15, 0.2) is 5.78 Å². The maximum atomic E-state index is 13.1. The summed E-state index contributed by atoms with van der Waals surface area (Å²) in [7, 11) is 0. The van der Waals surface area contributed by atoms with Crippen molar-refractivity contribution in [2.75, 3.05) is 0 Å². The molecule has 0 aliphatic heterocycles. The Morgan fingerprint density at radius 1 is 0.897 bits per heavy atom. The number of rotatable bonds is 4. The van der Waals surface area contributed by atoms with E-state index in [1.807, 2.05) is 52.0 Å². The number of ketones is 3. The van der Waals surface area contributed by atoms with Crippen molar-refractivity contribution in [3.05, 3.63) is 46.7 Å². The van der Waals surface area contributed by atoms with Crippen LogP contribution in [0.25, 0.3) is 0 Å². The van der Waals surface area contributed by atoms with Crippen molar-refractivity contribution in [1.82, 2.24) is 0 Å². The van der Waals surface area contributed by atoms with Gasteiger partial charge >= 0.3 is 0 Å². The second-order valence-electron chi connectivity index (χ2n) is 10.3. The SMILES string of the molecule is CCc1ccc([C@@H](C2=C(O)CC(C)(C)CC2=O)C2C(=O)CC(C)(C)CC2=O)cc1. The fourth-order valence-electron chi connectivity index (χ4n) is 4.92. The van der Waals surface area contributed by atoms with E-state index < -0.39 is 11.8 Å². The van der Waals surface area contributed by atoms with Crippen LogP contribution in [0, 0.1) is 16.7 Å². The van der Waals surface area contributed by atoms with E-state index in [1.165, 1.54) is 0 Å². The molecule has 0 saturated heterocycles. The zero-order valence-electron chi connectivity index (χ0n) is 18.2. The summed E-state index contributed by atoms with van der Waals surface area (Å²) >= 11 is 0. The zero-order valence-corrected chi connectivity index (χ0v) is 18.2. The van der Waals surface area contributed by atoms with Crippen LogP contribution in [0.2, 0.25) is 0 Å². The van der Waals surface area contributed by atoms with E-state index in [4.69, 9.17) is 0 Å². The van der Waals surface area contributed by atoms with Gasteiger partial charge in [0.05, 0.1) is 5.92 Å². The Labute approximate surface area is 173 Å². The number of Topliss-reactive ketones (excluding diaryl/α,β-unsaturated/α-hetero) is 3. The molecule has 4 heteroatoms. The summed E-state index contributed by atoms with van der Waals surface area (Å²) in [5.41, 5.74) is 1.47. The number of carbonyl (C=O) groups is 3. The van der Waals surface area contributed by atoms with Gasteiger partial charge in [0, 0.05) is 37.2 Å². The van der Waals surface area contributed by atoms with E-state index in [0.717, 1.165) is 17.5 Å². The lowest BCUT2D eigenvalue weighted by atomic mass is 9.62. The minimum atomic E-state index is -0.905. The normalized spacial score (nSPS) is 23.4. The fraction of sp³-hybridized carbons (Fsp3) is 0.560. The zero-order chi connectivity index (χ0) is 21.6. The summed E-state index contributed by atoms with van der Waals surface area (Å²) in [4.78, 5) is 39.3. The molecule has 0 unspecified atom stereocenters. The van der Waals surface area contributed by atoms with Crippen molar-refractivity contribution in [3.63, 3.8) is 0 Å². The average Bonchev–Trinajstić information content (AvgIpc) is 2.57. The Kier molecular flexibility index (Phi) is 5.59. The smallest absolute Gasteiger partial charge is 0.163 e. The average molecular weight is 397 g/mol. The highest BCUT2D eigenvalue weighted by Crippen LogP contribution is 2.47. The van der Waals surface area contributed by atoms with Gasteiger partial charge in [-0.2, -0.15) is 0 Å². The first-order valence-electron chi connectivity index (χ1n) is 10.5. The first-order chi connectivity index (χ1) is 13.4. The van der Waals surface area contributed by atoms with Gasteiger partial charge in [0.2, 0.25) is 0 Å². The van der Waals surface area contributed by atoms with Gasteiger partial charge in [-0.05, 0) is 28.4 Å². The van der Waals surface area contributed by atoms with E-state index in [2.05, 4.69) is 6.92 Å². The molecule has 2 aliphatic rings. The Balaban J connectivity index is 2.14. The lowest BCUT2D eigenvalue weighted by molar-refractivity contribution is -0.140. The number of aliphatic hydroxyl groups excluding tert-OH is 1. The van der Waals surface area contributed by atoms with Crippen LogP contribution in [0.15, 0.2) is 35.6 Å². The maximum Gasteiger partial charge on any atom is 0.163 e. The highest BCUT2D eigenvalue weighted by Gasteiger charge is 2.48. The number of hydrogen-bond donors (Lipinski definition) is 1. The molecule has 4 nitrogen and oxygen atoms in total. The molecule has 156 valence electrons. The molecule has 1 atom stereocenters. The van der Waals surface area contributed by atoms with E-state index in [-0.39, 0.29) is 39.5 Å². The Bertz CT molecular complexity index is 851. The summed E-state index contributed by atoms with van der Waals surface area (Å²) < 4.78 is 0. The summed E-state index contributed by atoms with van der Waals surface area (Å²) in [6.45, 7) is 9.80. The van der Waals surface area contributed by atoms with Gasteiger partial charge in [-0.25, -0.2) is 0 Å². The van der Waals surface area contributed by atoms with Gasteiger partial charge in [0.1, 0.15) is 17.3 Å². The third-order valence-electron chi connectivity index (χ3n) is 6.29. The minimum Gasteiger partial charge on any atom is -0.512 e. The number of allylic oxidation sites excluding steroid dienone is 2. The topological polar surface area (TPSA) is 71.4 Å². The predicted molar refractivity (Wildman–Crippen MR) is 113 cm³/mol. The molecule has 2 aliphatic carbocycles. The van der Waals surface area contributed by atoms with Crippen LogP contribution in [0.3, 0.4) is 0 Å². The van der Waals surface area contributed by atoms with E-state index >= 15 is 0 Å². The van der Waals surface area contributed by atoms with Crippen LogP contribution < -0.4 is 0 Å². The number of aliphatic hydroxyl groups is 1. The molecule has 0 bridgehead atoms. The molecular weight excluding hydrogens is 364 g/mol. The Morgan fingerprint density at radius 3 is 1.90 bits per heavy atom. The fourth-order valence-corrected chi connectivity index (χ4v) is 4.92. The molecule has 0 heterocycles. The van der Waals surface area contributed by atoms with Crippen molar-refractivity contribution in [2.45, 2.75) is 72.6 Å². The summed E-state index contributed by atoms with van der Waals surface area (Å²) in [6.07, 6.45) is 2.16. The Hall–Kier alpha value is -2.23. The monoisotopic (exact) mass is 396 g/mol. The molecule has 3 rings (SSSR count). The molecule has 0 amide bonds. The van der Waals surface area contributed by atoms with Gasteiger partial charge in [-0.3, -0.25) is 14.4 Å². The summed E-state index contributed by atoms with van der Waals surface area (Å²) in [6, 6.07) is 7.74. The lowest BCUT2D eigenvalue weighted by Gasteiger charge is -2.39. The van der Waals surface area contributed by atoms with E-state index in [1.54, 1.807) is 0 Å². The van der Waals surface area contributed by atoms with E-state index in [0.29, 0.717) is 25.7 Å². The highest BCUT2D eigenvalue weighted by atomic mass is 16.3. The van der Waals surface area contributed by atoms with Crippen molar-refractivity contribution >= 4 is 17.3 Å². The lowest BCUT2D eigenvalue weighted by Crippen LogP contribution is -2.43. The molecule has 1 aromatic carbocycles. The van der Waals surface area contributed by atoms with Crippen LogP contribution in [0.4, 0.5) is 0 Å². The van der Waals surface area contributed by atoms with Crippen molar-refractivity contribution in [1.29, 1.82) is 0 Å². The first kappa shape index (κ1) is 21.5. The van der Waals surface area contributed by atoms with E-state index in [9.17, 15) is 19.5 Å². The van der Waals surface area contributed by atoms with Gasteiger partial charge in [-0.1, -0.05) is 58.9 Å². The van der Waals surface area contributed by atoms with Gasteiger partial charge in [0.25, 0.3) is 0 Å². The molecule has 1 N–H and O–H groups in total.